The van der Waals surface area contributed by atoms with Gasteiger partial charge in [0.05, 0.1) is 19.3 Å². The Morgan fingerprint density at radius 2 is 2.11 bits per heavy atom. The predicted octanol–water partition coefficient (Wildman–Crippen LogP) is 3.63. The van der Waals surface area contributed by atoms with Crippen molar-refractivity contribution in [2.75, 3.05) is 45.2 Å². The van der Waals surface area contributed by atoms with Crippen molar-refractivity contribution < 1.29 is 14.3 Å². The second kappa shape index (κ2) is 11.4. The molecule has 1 unspecified atom stereocenters. The third kappa shape index (κ3) is 7.41. The fraction of sp³-hybridized carbons (Fsp3) is 0.682. The van der Waals surface area contributed by atoms with Crippen LogP contribution >= 0.6 is 0 Å². The highest BCUT2D eigenvalue weighted by atomic mass is 16.5. The molecule has 2 fully saturated rings. The topological polar surface area (TPSA) is 62.8 Å². The normalized spacial score (nSPS) is 21.4. The third-order valence-corrected chi connectivity index (χ3v) is 5.71. The lowest BCUT2D eigenvalue weighted by Gasteiger charge is -2.28. The molecule has 2 heterocycles. The summed E-state index contributed by atoms with van der Waals surface area (Å²) in [5, 5.41) is 5.91. The number of carbonyl (C=O) groups is 1. The van der Waals surface area contributed by atoms with Crippen LogP contribution in [0, 0.1) is 5.92 Å². The first-order valence-corrected chi connectivity index (χ1v) is 10.7. The summed E-state index contributed by atoms with van der Waals surface area (Å²) in [6.07, 6.45) is 7.20. The number of hydrogen-bond acceptors (Lipinski definition) is 4. The van der Waals surface area contributed by atoms with Gasteiger partial charge in [-0.05, 0) is 82.3 Å². The van der Waals surface area contributed by atoms with Crippen LogP contribution in [0.4, 0.5) is 10.5 Å². The highest BCUT2D eigenvalue weighted by Gasteiger charge is 2.16. The maximum atomic E-state index is 12.2. The van der Waals surface area contributed by atoms with E-state index in [9.17, 15) is 4.79 Å². The molecule has 0 saturated carbocycles. The molecule has 1 aromatic rings. The van der Waals surface area contributed by atoms with Crippen LogP contribution in [0.15, 0.2) is 24.3 Å². The van der Waals surface area contributed by atoms with E-state index >= 15 is 0 Å². The number of likely N-dealkylation sites (tertiary alicyclic amines) is 1. The van der Waals surface area contributed by atoms with Gasteiger partial charge in [0.25, 0.3) is 0 Å². The second-order valence-corrected chi connectivity index (χ2v) is 8.12. The fourth-order valence-electron chi connectivity index (χ4n) is 3.90. The van der Waals surface area contributed by atoms with Gasteiger partial charge in [-0.1, -0.05) is 12.1 Å². The van der Waals surface area contributed by atoms with E-state index in [0.717, 1.165) is 49.6 Å². The van der Waals surface area contributed by atoms with E-state index in [-0.39, 0.29) is 12.1 Å². The number of nitrogens with zero attached hydrogens (tertiary/aromatic N) is 1. The summed E-state index contributed by atoms with van der Waals surface area (Å²) in [5.74, 6) is 0.727. The number of urea groups is 1. The predicted molar refractivity (Wildman–Crippen MR) is 112 cm³/mol. The average molecular weight is 390 g/mol. The molecule has 2 N–H and O–H groups in total. The van der Waals surface area contributed by atoms with E-state index < -0.39 is 0 Å². The molecule has 0 aliphatic carbocycles. The minimum Gasteiger partial charge on any atom is -0.376 e. The van der Waals surface area contributed by atoms with Gasteiger partial charge in [0.15, 0.2) is 0 Å². The number of ether oxygens (including phenoxy) is 2. The Bertz CT molecular complexity index is 596. The quantitative estimate of drug-likeness (QED) is 0.713. The Hall–Kier alpha value is -1.63. The molecule has 156 valence electrons. The molecule has 28 heavy (non-hydrogen) atoms. The first-order valence-electron chi connectivity index (χ1n) is 10.7. The zero-order valence-electron chi connectivity index (χ0n) is 17.1. The summed E-state index contributed by atoms with van der Waals surface area (Å²) in [6.45, 7) is 5.07. The summed E-state index contributed by atoms with van der Waals surface area (Å²) in [7, 11) is 2.17. The monoisotopic (exact) mass is 389 g/mol. The highest BCUT2D eigenvalue weighted by Crippen LogP contribution is 2.19. The zero-order chi connectivity index (χ0) is 19.6. The van der Waals surface area contributed by atoms with Gasteiger partial charge < -0.3 is 25.0 Å². The molecule has 6 heteroatoms. The number of amides is 2. The maximum absolute atomic E-state index is 12.2. The van der Waals surface area contributed by atoms with E-state index in [0.29, 0.717) is 13.2 Å². The molecule has 6 nitrogen and oxygen atoms in total. The SMILES string of the molecule is CN1CCC(CCNC(=O)Nc2cccc(COCC3CCCCO3)c2)CC1. The largest absolute Gasteiger partial charge is 0.376 e. The molecule has 2 aliphatic heterocycles. The lowest BCUT2D eigenvalue weighted by Crippen LogP contribution is -2.34. The van der Waals surface area contributed by atoms with Crippen LogP contribution < -0.4 is 10.6 Å². The molecular weight excluding hydrogens is 354 g/mol. The summed E-state index contributed by atoms with van der Waals surface area (Å²) in [5.41, 5.74) is 1.85. The number of rotatable bonds is 8. The first-order chi connectivity index (χ1) is 13.7. The Balaban J connectivity index is 1.33. The smallest absolute Gasteiger partial charge is 0.319 e. The zero-order valence-corrected chi connectivity index (χ0v) is 17.1. The van der Waals surface area contributed by atoms with Crippen LogP contribution in [0.1, 0.15) is 44.1 Å². The Kier molecular flexibility index (Phi) is 8.58. The van der Waals surface area contributed by atoms with Gasteiger partial charge in [-0.2, -0.15) is 0 Å². The van der Waals surface area contributed by atoms with Gasteiger partial charge in [-0.15, -0.1) is 0 Å². The van der Waals surface area contributed by atoms with Gasteiger partial charge >= 0.3 is 6.03 Å². The maximum Gasteiger partial charge on any atom is 0.319 e. The van der Waals surface area contributed by atoms with Crippen molar-refractivity contribution >= 4 is 11.7 Å². The molecule has 1 aromatic carbocycles. The van der Waals surface area contributed by atoms with Gasteiger partial charge in [-0.25, -0.2) is 4.79 Å². The van der Waals surface area contributed by atoms with Crippen LogP contribution in [0.2, 0.25) is 0 Å². The summed E-state index contributed by atoms with van der Waals surface area (Å²) < 4.78 is 11.5. The van der Waals surface area contributed by atoms with Crippen LogP contribution in [-0.2, 0) is 16.1 Å². The number of piperidine rings is 1. The van der Waals surface area contributed by atoms with E-state index in [4.69, 9.17) is 9.47 Å². The van der Waals surface area contributed by atoms with Crippen molar-refractivity contribution in [2.24, 2.45) is 5.92 Å². The molecule has 1 atom stereocenters. The number of anilines is 1. The van der Waals surface area contributed by atoms with Gasteiger partial charge in [0.2, 0.25) is 0 Å². The van der Waals surface area contributed by atoms with Crippen LogP contribution in [-0.4, -0.2) is 56.9 Å². The molecule has 2 aliphatic rings. The summed E-state index contributed by atoms with van der Waals surface area (Å²) in [6, 6.07) is 7.71. The molecule has 0 radical (unpaired) electrons. The molecule has 3 rings (SSSR count). The lowest BCUT2D eigenvalue weighted by molar-refractivity contribution is -0.0447. The van der Waals surface area contributed by atoms with Crippen LogP contribution in [0.25, 0.3) is 0 Å². The number of hydrogen-bond donors (Lipinski definition) is 2. The number of nitrogens with one attached hydrogen (secondary N) is 2. The van der Waals surface area contributed by atoms with E-state index in [1.54, 1.807) is 0 Å². The molecular formula is C22H35N3O3. The fourth-order valence-corrected chi connectivity index (χ4v) is 3.90. The van der Waals surface area contributed by atoms with Gasteiger partial charge in [-0.3, -0.25) is 0 Å². The van der Waals surface area contributed by atoms with Crippen molar-refractivity contribution in [2.45, 2.75) is 51.2 Å². The molecule has 2 saturated heterocycles. The van der Waals surface area contributed by atoms with Crippen molar-refractivity contribution in [1.82, 2.24) is 10.2 Å². The van der Waals surface area contributed by atoms with E-state index in [2.05, 4.69) is 22.6 Å². The minimum atomic E-state index is -0.137. The van der Waals surface area contributed by atoms with E-state index in [1.807, 2.05) is 24.3 Å². The van der Waals surface area contributed by atoms with Crippen molar-refractivity contribution in [3.05, 3.63) is 29.8 Å². The van der Waals surface area contributed by atoms with Crippen LogP contribution in [0.3, 0.4) is 0 Å². The Morgan fingerprint density at radius 1 is 1.25 bits per heavy atom. The lowest BCUT2D eigenvalue weighted by atomic mass is 9.94. The first kappa shape index (κ1) is 21.1. The second-order valence-electron chi connectivity index (χ2n) is 8.12. The average Bonchev–Trinajstić information content (AvgIpc) is 2.71. The molecule has 2 amide bonds. The number of carbonyl (C=O) groups excluding carboxylic acids is 1. The molecule has 0 spiro atoms. The van der Waals surface area contributed by atoms with Crippen molar-refractivity contribution in [3.8, 4) is 0 Å². The summed E-state index contributed by atoms with van der Waals surface area (Å²) in [4.78, 5) is 14.5. The number of benzene rings is 1. The third-order valence-electron chi connectivity index (χ3n) is 5.71. The van der Waals surface area contributed by atoms with Gasteiger partial charge in [0.1, 0.15) is 0 Å². The van der Waals surface area contributed by atoms with Crippen LogP contribution in [0.5, 0.6) is 0 Å². The molecule has 0 aromatic heterocycles. The minimum absolute atomic E-state index is 0.137. The molecule has 0 bridgehead atoms. The van der Waals surface area contributed by atoms with Gasteiger partial charge in [0, 0.05) is 18.8 Å². The Labute approximate surface area is 169 Å². The highest BCUT2D eigenvalue weighted by molar-refractivity contribution is 5.89. The Morgan fingerprint density at radius 3 is 2.89 bits per heavy atom. The standard InChI is InChI=1S/C22H35N3O3/c1-25-12-9-18(10-13-25)8-11-23-22(26)24-20-6-4-5-19(15-20)16-27-17-21-7-2-3-14-28-21/h4-6,15,18,21H,2-3,7-14,16-17H2,1H3,(H2,23,24,26). The summed E-state index contributed by atoms with van der Waals surface area (Å²) >= 11 is 0. The van der Waals surface area contributed by atoms with Crippen molar-refractivity contribution in [1.29, 1.82) is 0 Å². The van der Waals surface area contributed by atoms with Crippen molar-refractivity contribution in [3.63, 3.8) is 0 Å². The van der Waals surface area contributed by atoms with E-state index in [1.165, 1.54) is 32.4 Å².